The van der Waals surface area contributed by atoms with Crippen LogP contribution in [0.1, 0.15) is 25.2 Å². The van der Waals surface area contributed by atoms with E-state index in [9.17, 15) is 0 Å². The lowest BCUT2D eigenvalue weighted by atomic mass is 10.2. The van der Waals surface area contributed by atoms with Crippen molar-refractivity contribution in [3.8, 4) is 11.5 Å². The number of hydrogen-bond acceptors (Lipinski definition) is 4. The van der Waals surface area contributed by atoms with E-state index in [1.807, 2.05) is 50.2 Å². The van der Waals surface area contributed by atoms with Crippen molar-refractivity contribution in [1.29, 1.82) is 0 Å². The average Bonchev–Trinajstić information content (AvgIpc) is 3.05. The van der Waals surface area contributed by atoms with Crippen LogP contribution < -0.4 is 14.8 Å². The van der Waals surface area contributed by atoms with Crippen molar-refractivity contribution >= 4 is 27.0 Å². The second-order valence-electron chi connectivity index (χ2n) is 5.88. The normalized spacial score (nSPS) is 11.0. The topological polar surface area (TPSA) is 59.2 Å². The predicted molar refractivity (Wildman–Crippen MR) is 108 cm³/mol. The average molecular weight is 418 g/mol. The van der Waals surface area contributed by atoms with Crippen LogP contribution in [0.15, 0.2) is 40.9 Å². The van der Waals surface area contributed by atoms with E-state index in [0.717, 1.165) is 57.9 Å². The summed E-state index contributed by atoms with van der Waals surface area (Å²) in [5.41, 5.74) is 3.23. The number of imidazole rings is 1. The number of nitrogens with one attached hydrogen (secondary N) is 2. The first-order chi connectivity index (χ1) is 12.7. The third-order valence-electron chi connectivity index (χ3n) is 4.00. The van der Waals surface area contributed by atoms with Gasteiger partial charge in [0.1, 0.15) is 5.82 Å². The van der Waals surface area contributed by atoms with Crippen molar-refractivity contribution in [3.63, 3.8) is 0 Å². The van der Waals surface area contributed by atoms with Crippen molar-refractivity contribution in [2.75, 3.05) is 19.8 Å². The van der Waals surface area contributed by atoms with E-state index >= 15 is 0 Å². The summed E-state index contributed by atoms with van der Waals surface area (Å²) in [6, 6.07) is 12.1. The maximum atomic E-state index is 5.71. The summed E-state index contributed by atoms with van der Waals surface area (Å²) in [7, 11) is 0. The number of ether oxygens (including phenoxy) is 2. The Morgan fingerprint density at radius 2 is 1.81 bits per heavy atom. The molecule has 2 aromatic carbocycles. The van der Waals surface area contributed by atoms with Gasteiger partial charge in [-0.2, -0.15) is 0 Å². The number of benzene rings is 2. The lowest BCUT2D eigenvalue weighted by molar-refractivity contribution is 0.287. The minimum atomic E-state index is 0.612. The van der Waals surface area contributed by atoms with Crippen LogP contribution in [0.3, 0.4) is 0 Å². The maximum Gasteiger partial charge on any atom is 0.162 e. The lowest BCUT2D eigenvalue weighted by Crippen LogP contribution is -2.17. The molecule has 6 heteroatoms. The van der Waals surface area contributed by atoms with E-state index in [1.165, 1.54) is 0 Å². The molecule has 0 saturated heterocycles. The Morgan fingerprint density at radius 1 is 1.08 bits per heavy atom. The molecule has 3 rings (SSSR count). The lowest BCUT2D eigenvalue weighted by Gasteiger charge is -2.14. The highest BCUT2D eigenvalue weighted by molar-refractivity contribution is 9.10. The van der Waals surface area contributed by atoms with Gasteiger partial charge in [-0.1, -0.05) is 28.1 Å². The van der Waals surface area contributed by atoms with Crippen LogP contribution >= 0.6 is 15.9 Å². The van der Waals surface area contributed by atoms with E-state index in [4.69, 9.17) is 9.47 Å². The smallest absolute Gasteiger partial charge is 0.162 e. The number of halogens is 1. The zero-order valence-electron chi connectivity index (χ0n) is 15.1. The molecule has 0 aliphatic heterocycles. The van der Waals surface area contributed by atoms with E-state index in [0.29, 0.717) is 13.2 Å². The van der Waals surface area contributed by atoms with Crippen LogP contribution in [0.5, 0.6) is 11.5 Å². The van der Waals surface area contributed by atoms with E-state index in [2.05, 4.69) is 31.2 Å². The molecule has 0 radical (unpaired) electrons. The Bertz CT molecular complexity index is 830. The first kappa shape index (κ1) is 18.7. The maximum absolute atomic E-state index is 5.71. The monoisotopic (exact) mass is 417 g/mol. The summed E-state index contributed by atoms with van der Waals surface area (Å²) < 4.78 is 12.4. The zero-order chi connectivity index (χ0) is 18.4. The molecule has 0 bridgehead atoms. The van der Waals surface area contributed by atoms with Crippen LogP contribution in [0.4, 0.5) is 0 Å². The fourth-order valence-electron chi connectivity index (χ4n) is 2.80. The van der Waals surface area contributed by atoms with Gasteiger partial charge in [-0.15, -0.1) is 0 Å². The van der Waals surface area contributed by atoms with Gasteiger partial charge in [0.2, 0.25) is 0 Å². The number of rotatable bonds is 9. The molecule has 26 heavy (non-hydrogen) atoms. The molecule has 3 aromatic rings. The summed E-state index contributed by atoms with van der Waals surface area (Å²) in [6.45, 7) is 6.75. The third kappa shape index (κ3) is 4.56. The summed E-state index contributed by atoms with van der Waals surface area (Å²) in [5, 5.41) is 3.47. The van der Waals surface area contributed by atoms with Crippen molar-refractivity contribution in [2.24, 2.45) is 0 Å². The number of aromatic amines is 1. The van der Waals surface area contributed by atoms with Crippen molar-refractivity contribution in [3.05, 3.63) is 52.3 Å². The van der Waals surface area contributed by atoms with Crippen molar-refractivity contribution in [2.45, 2.75) is 26.8 Å². The highest BCUT2D eigenvalue weighted by atomic mass is 79.9. The summed E-state index contributed by atoms with van der Waals surface area (Å²) in [6.07, 6.45) is 0.849. The van der Waals surface area contributed by atoms with Gasteiger partial charge in [0.25, 0.3) is 0 Å². The van der Waals surface area contributed by atoms with Gasteiger partial charge in [-0.05, 0) is 43.7 Å². The van der Waals surface area contributed by atoms with Crippen LogP contribution in [-0.4, -0.2) is 29.7 Å². The van der Waals surface area contributed by atoms with Crippen LogP contribution in [0.2, 0.25) is 0 Å². The Hall–Kier alpha value is -2.05. The molecule has 138 valence electrons. The molecule has 0 spiro atoms. The fourth-order valence-corrected chi connectivity index (χ4v) is 3.27. The Morgan fingerprint density at radius 3 is 2.54 bits per heavy atom. The van der Waals surface area contributed by atoms with Crippen molar-refractivity contribution < 1.29 is 9.47 Å². The van der Waals surface area contributed by atoms with Crippen LogP contribution in [-0.2, 0) is 13.0 Å². The SMILES string of the molecule is CCOc1cc(Br)c(CNCCc2nc3ccccc3[nH]2)cc1OCC. The van der Waals surface area contributed by atoms with Gasteiger partial charge in [-0.3, -0.25) is 0 Å². The summed E-state index contributed by atoms with van der Waals surface area (Å²) >= 11 is 3.63. The van der Waals surface area contributed by atoms with Crippen LogP contribution in [0, 0.1) is 0 Å². The number of aromatic nitrogens is 2. The minimum Gasteiger partial charge on any atom is -0.490 e. The molecule has 0 aliphatic carbocycles. The molecule has 0 atom stereocenters. The Kier molecular flexibility index (Phi) is 6.52. The molecular weight excluding hydrogens is 394 g/mol. The second kappa shape index (κ2) is 9.05. The number of hydrogen-bond donors (Lipinski definition) is 2. The second-order valence-corrected chi connectivity index (χ2v) is 6.74. The fraction of sp³-hybridized carbons (Fsp3) is 0.350. The first-order valence-corrected chi connectivity index (χ1v) is 9.73. The predicted octanol–water partition coefficient (Wildman–Crippen LogP) is 4.46. The summed E-state index contributed by atoms with van der Waals surface area (Å²) in [5.74, 6) is 2.55. The molecule has 1 aromatic heterocycles. The van der Waals surface area contributed by atoms with Gasteiger partial charge < -0.3 is 19.8 Å². The molecular formula is C20H24BrN3O2. The molecule has 2 N–H and O–H groups in total. The molecule has 0 unspecified atom stereocenters. The van der Waals surface area contributed by atoms with Gasteiger partial charge in [0, 0.05) is 24.0 Å². The molecule has 0 fully saturated rings. The number of nitrogens with zero attached hydrogens (tertiary/aromatic N) is 1. The van der Waals surface area contributed by atoms with E-state index < -0.39 is 0 Å². The standard InChI is InChI=1S/C20H24BrN3O2/c1-3-25-18-11-14(15(21)12-19(18)26-4-2)13-22-10-9-20-23-16-7-5-6-8-17(16)24-20/h5-8,11-12,22H,3-4,9-10,13H2,1-2H3,(H,23,24). The molecule has 1 heterocycles. The minimum absolute atomic E-state index is 0.612. The van der Waals surface area contributed by atoms with Gasteiger partial charge >= 0.3 is 0 Å². The quantitative estimate of drug-likeness (QED) is 0.504. The van der Waals surface area contributed by atoms with Gasteiger partial charge in [0.05, 0.1) is 24.2 Å². The first-order valence-electron chi connectivity index (χ1n) is 8.93. The molecule has 0 aliphatic rings. The van der Waals surface area contributed by atoms with Crippen molar-refractivity contribution in [1.82, 2.24) is 15.3 Å². The molecule has 0 amide bonds. The molecule has 5 nitrogen and oxygen atoms in total. The number of fused-ring (bicyclic) bond motifs is 1. The zero-order valence-corrected chi connectivity index (χ0v) is 16.7. The number of H-pyrrole nitrogens is 1. The third-order valence-corrected chi connectivity index (χ3v) is 4.74. The molecule has 0 saturated carbocycles. The Balaban J connectivity index is 1.59. The summed E-state index contributed by atoms with van der Waals surface area (Å²) in [4.78, 5) is 7.96. The van der Waals surface area contributed by atoms with Crippen LogP contribution in [0.25, 0.3) is 11.0 Å². The largest absolute Gasteiger partial charge is 0.490 e. The van der Waals surface area contributed by atoms with E-state index in [-0.39, 0.29) is 0 Å². The van der Waals surface area contributed by atoms with Gasteiger partial charge in [0.15, 0.2) is 11.5 Å². The number of para-hydroxylation sites is 2. The highest BCUT2D eigenvalue weighted by Gasteiger charge is 2.10. The van der Waals surface area contributed by atoms with E-state index in [1.54, 1.807) is 0 Å². The Labute approximate surface area is 162 Å². The van der Waals surface area contributed by atoms with Gasteiger partial charge in [-0.25, -0.2) is 4.98 Å². The highest BCUT2D eigenvalue weighted by Crippen LogP contribution is 2.33.